The third kappa shape index (κ3) is 4.30. The molecule has 0 amide bonds. The molecule has 0 bridgehead atoms. The van der Waals surface area contributed by atoms with Crippen molar-refractivity contribution in [1.29, 1.82) is 0 Å². The maximum absolute atomic E-state index is 6.06. The van der Waals surface area contributed by atoms with Crippen LogP contribution in [0.4, 0.5) is 0 Å². The Labute approximate surface area is 130 Å². The fourth-order valence-electron chi connectivity index (χ4n) is 2.29. The average molecular weight is 309 g/mol. The Hall–Kier alpha value is -0.900. The SMILES string of the molecule is CCNC(Cc1cccc(Cl)c1)Cc1nc(C)c(C)s1. The molecule has 2 aromatic rings. The highest BCUT2D eigenvalue weighted by Crippen LogP contribution is 2.19. The van der Waals surface area contributed by atoms with Gasteiger partial charge in [0.05, 0.1) is 10.7 Å². The Morgan fingerprint density at radius 1 is 1.30 bits per heavy atom. The fraction of sp³-hybridized carbons (Fsp3) is 0.438. The minimum atomic E-state index is 0.406. The topological polar surface area (TPSA) is 24.9 Å². The van der Waals surface area contributed by atoms with Crippen molar-refractivity contribution in [3.05, 3.63) is 50.4 Å². The number of likely N-dealkylation sites (N-methyl/N-ethyl adjacent to an activating group) is 1. The second-order valence-electron chi connectivity index (χ2n) is 5.04. The van der Waals surface area contributed by atoms with E-state index in [1.54, 1.807) is 11.3 Å². The van der Waals surface area contributed by atoms with Crippen molar-refractivity contribution in [2.75, 3.05) is 6.54 Å². The molecular formula is C16H21ClN2S. The minimum absolute atomic E-state index is 0.406. The van der Waals surface area contributed by atoms with E-state index in [-0.39, 0.29) is 0 Å². The van der Waals surface area contributed by atoms with Crippen LogP contribution in [0, 0.1) is 13.8 Å². The Morgan fingerprint density at radius 2 is 2.10 bits per heavy atom. The molecule has 1 aromatic carbocycles. The summed E-state index contributed by atoms with van der Waals surface area (Å²) in [5.41, 5.74) is 2.43. The van der Waals surface area contributed by atoms with E-state index in [1.807, 2.05) is 18.2 Å². The van der Waals surface area contributed by atoms with E-state index in [1.165, 1.54) is 15.4 Å². The maximum Gasteiger partial charge on any atom is 0.0946 e. The number of nitrogens with one attached hydrogen (secondary N) is 1. The molecule has 0 radical (unpaired) electrons. The van der Waals surface area contributed by atoms with Gasteiger partial charge in [0.2, 0.25) is 0 Å². The van der Waals surface area contributed by atoms with E-state index in [4.69, 9.17) is 11.6 Å². The molecule has 0 saturated heterocycles. The lowest BCUT2D eigenvalue weighted by atomic mass is 10.0. The molecule has 1 atom stereocenters. The minimum Gasteiger partial charge on any atom is -0.314 e. The quantitative estimate of drug-likeness (QED) is 0.866. The molecule has 4 heteroatoms. The summed E-state index contributed by atoms with van der Waals surface area (Å²) in [5, 5.41) is 5.57. The number of benzene rings is 1. The summed E-state index contributed by atoms with van der Waals surface area (Å²) in [7, 11) is 0. The summed E-state index contributed by atoms with van der Waals surface area (Å²) in [4.78, 5) is 5.96. The van der Waals surface area contributed by atoms with E-state index in [0.717, 1.165) is 30.1 Å². The molecule has 0 fully saturated rings. The highest BCUT2D eigenvalue weighted by atomic mass is 35.5. The molecule has 108 valence electrons. The van der Waals surface area contributed by atoms with Gasteiger partial charge in [-0.05, 0) is 44.5 Å². The van der Waals surface area contributed by atoms with Crippen LogP contribution in [0.3, 0.4) is 0 Å². The molecule has 2 rings (SSSR count). The van der Waals surface area contributed by atoms with Gasteiger partial charge < -0.3 is 5.32 Å². The maximum atomic E-state index is 6.06. The summed E-state index contributed by atoms with van der Waals surface area (Å²) < 4.78 is 0. The normalized spacial score (nSPS) is 12.6. The van der Waals surface area contributed by atoms with Crippen LogP contribution in [0.5, 0.6) is 0 Å². The molecule has 1 N–H and O–H groups in total. The van der Waals surface area contributed by atoms with Crippen molar-refractivity contribution >= 4 is 22.9 Å². The summed E-state index contributed by atoms with van der Waals surface area (Å²) in [6.07, 6.45) is 1.95. The second-order valence-corrected chi connectivity index (χ2v) is 6.77. The number of rotatable bonds is 6. The van der Waals surface area contributed by atoms with Crippen LogP contribution in [0.1, 0.15) is 28.1 Å². The molecule has 0 spiro atoms. The van der Waals surface area contributed by atoms with E-state index < -0.39 is 0 Å². The van der Waals surface area contributed by atoms with Gasteiger partial charge in [0.15, 0.2) is 0 Å². The highest BCUT2D eigenvalue weighted by Gasteiger charge is 2.13. The smallest absolute Gasteiger partial charge is 0.0946 e. The van der Waals surface area contributed by atoms with Gasteiger partial charge >= 0.3 is 0 Å². The number of aryl methyl sites for hydroxylation is 2. The lowest BCUT2D eigenvalue weighted by Crippen LogP contribution is -2.33. The van der Waals surface area contributed by atoms with Gasteiger partial charge in [0.25, 0.3) is 0 Å². The Balaban J connectivity index is 2.06. The monoisotopic (exact) mass is 308 g/mol. The largest absolute Gasteiger partial charge is 0.314 e. The lowest BCUT2D eigenvalue weighted by Gasteiger charge is -2.17. The molecule has 0 saturated carbocycles. The number of thiazole rings is 1. The van der Waals surface area contributed by atoms with Crippen molar-refractivity contribution in [2.45, 2.75) is 39.7 Å². The first-order valence-corrected chi connectivity index (χ1v) is 8.18. The van der Waals surface area contributed by atoms with E-state index in [2.05, 4.69) is 37.1 Å². The fourth-order valence-corrected chi connectivity index (χ4v) is 3.52. The number of aromatic nitrogens is 1. The predicted molar refractivity (Wildman–Crippen MR) is 87.9 cm³/mol. The zero-order valence-electron chi connectivity index (χ0n) is 12.2. The standard InChI is InChI=1S/C16H21ClN2S/c1-4-18-15(9-13-6-5-7-14(17)8-13)10-16-19-11(2)12(3)20-16/h5-8,15,18H,4,9-10H2,1-3H3. The van der Waals surface area contributed by atoms with Crippen LogP contribution < -0.4 is 5.32 Å². The van der Waals surface area contributed by atoms with Crippen LogP contribution in [0.2, 0.25) is 5.02 Å². The molecule has 2 nitrogen and oxygen atoms in total. The highest BCUT2D eigenvalue weighted by molar-refractivity contribution is 7.11. The average Bonchev–Trinajstić information content (AvgIpc) is 2.68. The molecule has 1 heterocycles. The first kappa shape index (κ1) is 15.5. The zero-order valence-corrected chi connectivity index (χ0v) is 13.8. The molecular weight excluding hydrogens is 288 g/mol. The molecule has 1 aromatic heterocycles. The zero-order chi connectivity index (χ0) is 14.5. The van der Waals surface area contributed by atoms with Gasteiger partial charge in [-0.25, -0.2) is 4.98 Å². The Bertz CT molecular complexity index is 546. The third-order valence-corrected chi connectivity index (χ3v) is 4.69. The van der Waals surface area contributed by atoms with Gasteiger partial charge in [-0.15, -0.1) is 11.3 Å². The summed E-state index contributed by atoms with van der Waals surface area (Å²) >= 11 is 7.86. The molecule has 0 aliphatic carbocycles. The van der Waals surface area contributed by atoms with Crippen molar-refractivity contribution in [1.82, 2.24) is 10.3 Å². The van der Waals surface area contributed by atoms with Crippen molar-refractivity contribution < 1.29 is 0 Å². The summed E-state index contributed by atoms with van der Waals surface area (Å²) in [6.45, 7) is 7.32. The first-order chi connectivity index (χ1) is 9.58. The number of halogens is 1. The van der Waals surface area contributed by atoms with E-state index in [0.29, 0.717) is 6.04 Å². The van der Waals surface area contributed by atoms with Crippen LogP contribution in [0.25, 0.3) is 0 Å². The van der Waals surface area contributed by atoms with Crippen molar-refractivity contribution in [3.8, 4) is 0 Å². The van der Waals surface area contributed by atoms with Crippen LogP contribution >= 0.6 is 22.9 Å². The molecule has 0 aliphatic heterocycles. The van der Waals surface area contributed by atoms with Gasteiger partial charge in [-0.3, -0.25) is 0 Å². The van der Waals surface area contributed by atoms with Crippen molar-refractivity contribution in [3.63, 3.8) is 0 Å². The first-order valence-electron chi connectivity index (χ1n) is 6.99. The second kappa shape index (κ2) is 7.21. The third-order valence-electron chi connectivity index (χ3n) is 3.36. The lowest BCUT2D eigenvalue weighted by molar-refractivity contribution is 0.520. The predicted octanol–water partition coefficient (Wildman–Crippen LogP) is 4.18. The number of hydrogen-bond donors (Lipinski definition) is 1. The Morgan fingerprint density at radius 3 is 2.70 bits per heavy atom. The van der Waals surface area contributed by atoms with Gasteiger partial charge in [-0.1, -0.05) is 30.7 Å². The van der Waals surface area contributed by atoms with Crippen LogP contribution in [0.15, 0.2) is 24.3 Å². The van der Waals surface area contributed by atoms with E-state index in [9.17, 15) is 0 Å². The van der Waals surface area contributed by atoms with Crippen LogP contribution in [-0.4, -0.2) is 17.6 Å². The molecule has 0 aliphatic rings. The number of nitrogens with zero attached hydrogens (tertiary/aromatic N) is 1. The van der Waals surface area contributed by atoms with Gasteiger partial charge in [0.1, 0.15) is 0 Å². The summed E-state index contributed by atoms with van der Waals surface area (Å²) in [6, 6.07) is 8.52. The van der Waals surface area contributed by atoms with Gasteiger partial charge in [-0.2, -0.15) is 0 Å². The number of hydrogen-bond acceptors (Lipinski definition) is 3. The van der Waals surface area contributed by atoms with E-state index >= 15 is 0 Å². The molecule has 20 heavy (non-hydrogen) atoms. The van der Waals surface area contributed by atoms with Crippen LogP contribution in [-0.2, 0) is 12.8 Å². The summed E-state index contributed by atoms with van der Waals surface area (Å²) in [5.74, 6) is 0. The Kier molecular flexibility index (Phi) is 5.58. The molecule has 1 unspecified atom stereocenters. The van der Waals surface area contributed by atoms with Crippen molar-refractivity contribution in [2.24, 2.45) is 0 Å². The van der Waals surface area contributed by atoms with Gasteiger partial charge in [0, 0.05) is 22.4 Å².